The summed E-state index contributed by atoms with van der Waals surface area (Å²) in [6.45, 7) is 9.08. The maximum atomic E-state index is 4.24. The minimum atomic E-state index is 0.850. The van der Waals surface area contributed by atoms with Gasteiger partial charge in [-0.2, -0.15) is 0 Å². The van der Waals surface area contributed by atoms with Gasteiger partial charge in [-0.05, 0) is 38.0 Å². The zero-order chi connectivity index (χ0) is 12.4. The summed E-state index contributed by atoms with van der Waals surface area (Å²) < 4.78 is 0. The van der Waals surface area contributed by atoms with Gasteiger partial charge in [-0.3, -0.25) is 4.99 Å². The topological polar surface area (TPSA) is 24.7 Å². The first-order valence-electron chi connectivity index (χ1n) is 6.54. The van der Waals surface area contributed by atoms with Gasteiger partial charge in [0.05, 0.1) is 0 Å². The first kappa shape index (κ1) is 15.3. The second kappa shape index (κ2) is 9.56. The molecule has 0 heterocycles. The maximum absolute atomic E-state index is 4.24. The summed E-state index contributed by atoms with van der Waals surface area (Å²) in [5.74, 6) is 1.72. The number of rotatable bonds is 8. The molecular weight excluding hydrogens is 196 g/mol. The van der Waals surface area contributed by atoms with E-state index in [-0.39, 0.29) is 0 Å². The predicted octanol–water partition coefficient (Wildman–Crippen LogP) is 4.35. The SMILES string of the molecule is CCC(C)CC(C)CCCC(C)=NC=NC. The van der Waals surface area contributed by atoms with Gasteiger partial charge in [-0.25, -0.2) is 4.99 Å². The summed E-state index contributed by atoms with van der Waals surface area (Å²) in [6.07, 6.45) is 7.99. The standard InChI is InChI=1S/C14H28N2/c1-6-12(2)10-13(3)8-7-9-14(4)16-11-15-5/h11-13H,6-10H2,1-5H3. The molecule has 0 saturated heterocycles. The molecule has 0 rings (SSSR count). The lowest BCUT2D eigenvalue weighted by atomic mass is 9.91. The van der Waals surface area contributed by atoms with Crippen LogP contribution in [0.2, 0.25) is 0 Å². The van der Waals surface area contributed by atoms with E-state index < -0.39 is 0 Å². The fourth-order valence-electron chi connectivity index (χ4n) is 1.90. The Morgan fingerprint density at radius 1 is 1.25 bits per heavy atom. The second-order valence-electron chi connectivity index (χ2n) is 4.98. The highest BCUT2D eigenvalue weighted by molar-refractivity contribution is 5.88. The summed E-state index contributed by atoms with van der Waals surface area (Å²) >= 11 is 0. The van der Waals surface area contributed by atoms with Crippen LogP contribution in [0.1, 0.15) is 59.8 Å². The van der Waals surface area contributed by atoms with Crippen molar-refractivity contribution in [3.63, 3.8) is 0 Å². The maximum Gasteiger partial charge on any atom is 0.109 e. The van der Waals surface area contributed by atoms with Crippen LogP contribution in [0.25, 0.3) is 0 Å². The number of hydrogen-bond acceptors (Lipinski definition) is 1. The van der Waals surface area contributed by atoms with Gasteiger partial charge < -0.3 is 0 Å². The van der Waals surface area contributed by atoms with Gasteiger partial charge in [0.1, 0.15) is 6.34 Å². The number of nitrogens with zero attached hydrogens (tertiary/aromatic N) is 2. The fourth-order valence-corrected chi connectivity index (χ4v) is 1.90. The molecule has 0 aromatic heterocycles. The molecule has 0 aliphatic heterocycles. The smallest absolute Gasteiger partial charge is 0.109 e. The molecule has 0 N–H and O–H groups in total. The fraction of sp³-hybridized carbons (Fsp3) is 0.857. The molecule has 16 heavy (non-hydrogen) atoms. The van der Waals surface area contributed by atoms with E-state index in [1.165, 1.54) is 31.4 Å². The molecule has 0 spiro atoms. The summed E-state index contributed by atoms with van der Waals surface area (Å²) in [7, 11) is 1.75. The summed E-state index contributed by atoms with van der Waals surface area (Å²) in [5, 5.41) is 0. The Bertz CT molecular complexity index is 219. The average Bonchev–Trinajstić information content (AvgIpc) is 2.26. The first-order chi connectivity index (χ1) is 7.60. The van der Waals surface area contributed by atoms with Gasteiger partial charge in [0.25, 0.3) is 0 Å². The molecule has 0 aliphatic rings. The van der Waals surface area contributed by atoms with E-state index in [0.29, 0.717) is 0 Å². The zero-order valence-corrected chi connectivity index (χ0v) is 11.7. The molecule has 2 unspecified atom stereocenters. The van der Waals surface area contributed by atoms with Crippen molar-refractivity contribution in [3.05, 3.63) is 0 Å². The molecule has 0 fully saturated rings. The van der Waals surface area contributed by atoms with Crippen molar-refractivity contribution in [2.45, 2.75) is 59.8 Å². The third-order valence-electron chi connectivity index (χ3n) is 3.13. The zero-order valence-electron chi connectivity index (χ0n) is 11.7. The van der Waals surface area contributed by atoms with Gasteiger partial charge in [0.15, 0.2) is 0 Å². The van der Waals surface area contributed by atoms with E-state index in [1.807, 2.05) is 0 Å². The van der Waals surface area contributed by atoms with E-state index in [9.17, 15) is 0 Å². The van der Waals surface area contributed by atoms with E-state index in [4.69, 9.17) is 0 Å². The summed E-state index contributed by atoms with van der Waals surface area (Å²) in [4.78, 5) is 8.10. The van der Waals surface area contributed by atoms with Crippen molar-refractivity contribution < 1.29 is 0 Å². The lowest BCUT2D eigenvalue weighted by Crippen LogP contribution is -2.03. The highest BCUT2D eigenvalue weighted by Crippen LogP contribution is 2.19. The number of aliphatic imine (C=N–C) groups is 2. The van der Waals surface area contributed by atoms with Crippen LogP contribution in [0.3, 0.4) is 0 Å². The Kier molecular flexibility index (Phi) is 9.16. The van der Waals surface area contributed by atoms with Gasteiger partial charge in [0, 0.05) is 12.8 Å². The van der Waals surface area contributed by atoms with Crippen molar-refractivity contribution in [2.75, 3.05) is 7.05 Å². The summed E-state index contributed by atoms with van der Waals surface area (Å²) in [6, 6.07) is 0. The van der Waals surface area contributed by atoms with Crippen LogP contribution >= 0.6 is 0 Å². The normalized spacial score (nSPS) is 16.7. The minimum Gasteiger partial charge on any atom is -0.277 e. The Morgan fingerprint density at radius 2 is 1.94 bits per heavy atom. The van der Waals surface area contributed by atoms with Crippen molar-refractivity contribution >= 4 is 12.1 Å². The van der Waals surface area contributed by atoms with Gasteiger partial charge >= 0.3 is 0 Å². The van der Waals surface area contributed by atoms with Crippen LogP contribution in [0.4, 0.5) is 0 Å². The lowest BCUT2D eigenvalue weighted by molar-refractivity contribution is 0.382. The molecule has 94 valence electrons. The molecule has 2 nitrogen and oxygen atoms in total. The third kappa shape index (κ3) is 8.63. The van der Waals surface area contributed by atoms with Crippen molar-refractivity contribution in [1.82, 2.24) is 0 Å². The number of hydrogen-bond donors (Lipinski definition) is 0. The highest BCUT2D eigenvalue weighted by Gasteiger charge is 2.06. The van der Waals surface area contributed by atoms with Crippen LogP contribution in [0.5, 0.6) is 0 Å². The predicted molar refractivity (Wildman–Crippen MR) is 74.6 cm³/mol. The van der Waals surface area contributed by atoms with Crippen molar-refractivity contribution in [3.8, 4) is 0 Å². The first-order valence-corrected chi connectivity index (χ1v) is 6.54. The van der Waals surface area contributed by atoms with Gasteiger partial charge in [-0.1, -0.05) is 33.6 Å². The average molecular weight is 224 g/mol. The van der Waals surface area contributed by atoms with Crippen LogP contribution in [0.15, 0.2) is 9.98 Å². The van der Waals surface area contributed by atoms with E-state index in [2.05, 4.69) is 37.7 Å². The minimum absolute atomic E-state index is 0.850. The molecule has 0 amide bonds. The third-order valence-corrected chi connectivity index (χ3v) is 3.13. The largest absolute Gasteiger partial charge is 0.277 e. The highest BCUT2D eigenvalue weighted by atomic mass is 14.8. The monoisotopic (exact) mass is 224 g/mol. The van der Waals surface area contributed by atoms with Crippen LogP contribution in [0, 0.1) is 11.8 Å². The summed E-state index contributed by atoms with van der Waals surface area (Å²) in [5.41, 5.74) is 1.20. The molecule has 0 saturated carbocycles. The van der Waals surface area contributed by atoms with Crippen LogP contribution < -0.4 is 0 Å². The van der Waals surface area contributed by atoms with Gasteiger partial charge in [-0.15, -0.1) is 0 Å². The van der Waals surface area contributed by atoms with Crippen LogP contribution in [-0.4, -0.2) is 19.1 Å². The molecule has 0 aromatic carbocycles. The Labute approximate surface area is 101 Å². The molecule has 2 atom stereocenters. The van der Waals surface area contributed by atoms with Gasteiger partial charge in [0.2, 0.25) is 0 Å². The van der Waals surface area contributed by atoms with E-state index >= 15 is 0 Å². The molecule has 0 bridgehead atoms. The molecule has 0 radical (unpaired) electrons. The van der Waals surface area contributed by atoms with E-state index in [0.717, 1.165) is 18.3 Å². The Morgan fingerprint density at radius 3 is 2.50 bits per heavy atom. The Balaban J connectivity index is 3.65. The lowest BCUT2D eigenvalue weighted by Gasteiger charge is -2.15. The van der Waals surface area contributed by atoms with E-state index in [1.54, 1.807) is 13.4 Å². The van der Waals surface area contributed by atoms with Crippen LogP contribution in [-0.2, 0) is 0 Å². The Hall–Kier alpha value is -0.660. The molecule has 0 aliphatic carbocycles. The van der Waals surface area contributed by atoms with Crippen molar-refractivity contribution in [2.24, 2.45) is 21.8 Å². The molecular formula is C14H28N2. The van der Waals surface area contributed by atoms with Crippen molar-refractivity contribution in [1.29, 1.82) is 0 Å². The molecule has 0 aromatic rings. The quantitative estimate of drug-likeness (QED) is 0.432. The second-order valence-corrected chi connectivity index (χ2v) is 4.98. The molecule has 2 heteroatoms.